The number of carbonyl (C=O) groups is 1. The number of phenols is 1. The third kappa shape index (κ3) is 3.88. The zero-order valence-corrected chi connectivity index (χ0v) is 15.5. The van der Waals surface area contributed by atoms with Crippen LogP contribution >= 0.6 is 15.9 Å². The third-order valence-corrected chi connectivity index (χ3v) is 4.43. The summed E-state index contributed by atoms with van der Waals surface area (Å²) in [7, 11) is 3.18. The molecule has 0 aliphatic carbocycles. The molecule has 0 aliphatic heterocycles. The summed E-state index contributed by atoms with van der Waals surface area (Å²) in [6, 6.07) is 12.4. The fourth-order valence-electron chi connectivity index (χ4n) is 2.48. The van der Waals surface area contributed by atoms with Gasteiger partial charge in [0.15, 0.2) is 11.5 Å². The lowest BCUT2D eigenvalue weighted by molar-refractivity contribution is -0.136. The van der Waals surface area contributed by atoms with E-state index >= 15 is 0 Å². The average Bonchev–Trinajstić information content (AvgIpc) is 2.56. The minimum Gasteiger partial charge on any atom is -0.504 e. The van der Waals surface area contributed by atoms with Gasteiger partial charge in [-0.15, -0.1) is 0 Å². The first-order chi connectivity index (χ1) is 11.3. The number of nitrogens with two attached hydrogens (primary N) is 1. The predicted octanol–water partition coefficient (Wildman–Crippen LogP) is 3.00. The van der Waals surface area contributed by atoms with E-state index < -0.39 is 5.54 Å². The van der Waals surface area contributed by atoms with Gasteiger partial charge in [-0.3, -0.25) is 4.79 Å². The Morgan fingerprint density at radius 3 is 2.50 bits per heavy atom. The van der Waals surface area contributed by atoms with E-state index in [0.717, 1.165) is 15.6 Å². The van der Waals surface area contributed by atoms with Gasteiger partial charge in [0.2, 0.25) is 5.91 Å². The van der Waals surface area contributed by atoms with Crippen molar-refractivity contribution in [2.75, 3.05) is 14.2 Å². The molecule has 0 aliphatic rings. The topological polar surface area (TPSA) is 75.8 Å². The van der Waals surface area contributed by atoms with Crippen LogP contribution in [0.2, 0.25) is 0 Å². The molecule has 1 amide bonds. The number of hydrogen-bond donors (Lipinski definition) is 2. The van der Waals surface area contributed by atoms with Crippen molar-refractivity contribution >= 4 is 21.8 Å². The minimum absolute atomic E-state index is 0.0637. The van der Waals surface area contributed by atoms with Crippen molar-refractivity contribution in [2.45, 2.75) is 19.0 Å². The van der Waals surface area contributed by atoms with E-state index in [1.165, 1.54) is 7.11 Å². The Labute approximate surface area is 150 Å². The predicted molar refractivity (Wildman–Crippen MR) is 96.8 cm³/mol. The highest BCUT2D eigenvalue weighted by Crippen LogP contribution is 2.28. The normalized spacial score (nSPS) is 13.2. The molecule has 0 spiro atoms. The molecule has 0 bridgehead atoms. The largest absolute Gasteiger partial charge is 0.504 e. The van der Waals surface area contributed by atoms with Crippen molar-refractivity contribution < 1.29 is 14.6 Å². The van der Waals surface area contributed by atoms with Crippen molar-refractivity contribution in [1.82, 2.24) is 4.90 Å². The SMILES string of the molecule is COc1cc(CN(C)C(=O)C(C)(N)c2ccc(Br)cc2)ccc1O. The molecule has 0 heterocycles. The number of rotatable bonds is 5. The third-order valence-electron chi connectivity index (χ3n) is 3.90. The van der Waals surface area contributed by atoms with Gasteiger partial charge in [-0.2, -0.15) is 0 Å². The number of carbonyl (C=O) groups excluding carboxylic acids is 1. The van der Waals surface area contributed by atoms with E-state index in [1.54, 1.807) is 37.1 Å². The lowest BCUT2D eigenvalue weighted by Crippen LogP contribution is -2.49. The summed E-state index contributed by atoms with van der Waals surface area (Å²) in [6.45, 7) is 2.06. The maximum Gasteiger partial charge on any atom is 0.247 e. The lowest BCUT2D eigenvalue weighted by Gasteiger charge is -2.30. The maximum absolute atomic E-state index is 12.8. The standard InChI is InChI=1S/C18H21BrN2O3/c1-18(20,13-5-7-14(19)8-6-13)17(23)21(2)11-12-4-9-15(22)16(10-12)24-3/h4-10,22H,11,20H2,1-3H3. The average molecular weight is 393 g/mol. The quantitative estimate of drug-likeness (QED) is 0.819. The summed E-state index contributed by atoms with van der Waals surface area (Å²) in [6.07, 6.45) is 0. The number of phenolic OH excluding ortho intramolecular Hbond substituents is 1. The summed E-state index contributed by atoms with van der Waals surface area (Å²) in [5.74, 6) is 0.238. The Hall–Kier alpha value is -2.05. The van der Waals surface area contributed by atoms with E-state index in [2.05, 4.69) is 15.9 Å². The van der Waals surface area contributed by atoms with Crippen LogP contribution in [-0.2, 0) is 16.9 Å². The van der Waals surface area contributed by atoms with Crippen molar-refractivity contribution in [3.63, 3.8) is 0 Å². The first kappa shape index (κ1) is 18.3. The van der Waals surface area contributed by atoms with Crippen LogP contribution in [0.4, 0.5) is 0 Å². The van der Waals surface area contributed by atoms with E-state index in [1.807, 2.05) is 24.3 Å². The molecule has 0 saturated carbocycles. The van der Waals surface area contributed by atoms with Crippen LogP contribution in [0.5, 0.6) is 11.5 Å². The highest BCUT2D eigenvalue weighted by Gasteiger charge is 2.33. The van der Waals surface area contributed by atoms with Crippen LogP contribution in [0.15, 0.2) is 46.9 Å². The van der Waals surface area contributed by atoms with Gasteiger partial charge in [0.25, 0.3) is 0 Å². The first-order valence-corrected chi connectivity index (χ1v) is 8.21. The van der Waals surface area contributed by atoms with Crippen molar-refractivity contribution in [1.29, 1.82) is 0 Å². The molecular weight excluding hydrogens is 372 g/mol. The molecule has 0 radical (unpaired) electrons. The highest BCUT2D eigenvalue weighted by atomic mass is 79.9. The number of aromatic hydroxyl groups is 1. The molecular formula is C18H21BrN2O3. The number of hydrogen-bond acceptors (Lipinski definition) is 4. The van der Waals surface area contributed by atoms with Gasteiger partial charge in [-0.1, -0.05) is 34.1 Å². The monoisotopic (exact) mass is 392 g/mol. The fraction of sp³-hybridized carbons (Fsp3) is 0.278. The molecule has 5 nitrogen and oxygen atoms in total. The number of halogens is 1. The van der Waals surface area contributed by atoms with Crippen LogP contribution < -0.4 is 10.5 Å². The molecule has 2 aromatic carbocycles. The second kappa shape index (κ2) is 7.23. The summed E-state index contributed by atoms with van der Waals surface area (Å²) in [5.41, 5.74) is 6.75. The van der Waals surface area contributed by atoms with Gasteiger partial charge in [0, 0.05) is 18.1 Å². The second-order valence-electron chi connectivity index (χ2n) is 5.88. The first-order valence-electron chi connectivity index (χ1n) is 7.42. The summed E-state index contributed by atoms with van der Waals surface area (Å²) in [5, 5.41) is 9.65. The number of amides is 1. The molecule has 24 heavy (non-hydrogen) atoms. The number of benzene rings is 2. The Morgan fingerprint density at radius 1 is 1.29 bits per heavy atom. The van der Waals surface area contributed by atoms with Crippen molar-refractivity contribution in [3.05, 3.63) is 58.1 Å². The van der Waals surface area contributed by atoms with Crippen LogP contribution in [0.25, 0.3) is 0 Å². The van der Waals surface area contributed by atoms with Gasteiger partial charge in [0.1, 0.15) is 5.54 Å². The van der Waals surface area contributed by atoms with Crippen LogP contribution in [0.1, 0.15) is 18.1 Å². The highest BCUT2D eigenvalue weighted by molar-refractivity contribution is 9.10. The summed E-state index contributed by atoms with van der Waals surface area (Å²) < 4.78 is 6.02. The number of ether oxygens (including phenoxy) is 1. The Bertz CT molecular complexity index is 730. The van der Waals surface area contributed by atoms with Gasteiger partial charge in [-0.25, -0.2) is 0 Å². The zero-order valence-electron chi connectivity index (χ0n) is 13.9. The smallest absolute Gasteiger partial charge is 0.247 e. The van der Waals surface area contributed by atoms with Gasteiger partial charge in [-0.05, 0) is 42.3 Å². The Kier molecular flexibility index (Phi) is 5.51. The maximum atomic E-state index is 12.8. The Balaban J connectivity index is 2.18. The fourth-order valence-corrected chi connectivity index (χ4v) is 2.75. The number of nitrogens with zero attached hydrogens (tertiary/aromatic N) is 1. The van der Waals surface area contributed by atoms with Crippen molar-refractivity contribution in [2.24, 2.45) is 5.73 Å². The molecule has 2 rings (SSSR count). The second-order valence-corrected chi connectivity index (χ2v) is 6.79. The zero-order chi connectivity index (χ0) is 17.9. The van der Waals surface area contributed by atoms with Gasteiger partial charge in [0.05, 0.1) is 7.11 Å². The molecule has 3 N–H and O–H groups in total. The number of methoxy groups -OCH3 is 1. The summed E-state index contributed by atoms with van der Waals surface area (Å²) >= 11 is 3.37. The van der Waals surface area contributed by atoms with E-state index in [9.17, 15) is 9.90 Å². The molecule has 128 valence electrons. The molecule has 0 aromatic heterocycles. The van der Waals surface area contributed by atoms with Gasteiger partial charge < -0.3 is 20.5 Å². The molecule has 1 unspecified atom stereocenters. The van der Waals surface area contributed by atoms with E-state index in [-0.39, 0.29) is 11.7 Å². The Morgan fingerprint density at radius 2 is 1.92 bits per heavy atom. The minimum atomic E-state index is -1.13. The molecule has 6 heteroatoms. The molecule has 1 atom stereocenters. The number of likely N-dealkylation sites (N-methyl/N-ethyl adjacent to an activating group) is 1. The molecule has 0 saturated heterocycles. The van der Waals surface area contributed by atoms with Crippen LogP contribution in [-0.4, -0.2) is 30.1 Å². The van der Waals surface area contributed by atoms with Gasteiger partial charge >= 0.3 is 0 Å². The van der Waals surface area contributed by atoms with Crippen LogP contribution in [0, 0.1) is 0 Å². The molecule has 0 fully saturated rings. The summed E-state index contributed by atoms with van der Waals surface area (Å²) in [4.78, 5) is 14.3. The van der Waals surface area contributed by atoms with E-state index in [4.69, 9.17) is 10.5 Å². The van der Waals surface area contributed by atoms with Crippen LogP contribution in [0.3, 0.4) is 0 Å². The molecule has 2 aromatic rings. The van der Waals surface area contributed by atoms with Crippen molar-refractivity contribution in [3.8, 4) is 11.5 Å². The van der Waals surface area contributed by atoms with E-state index in [0.29, 0.717) is 12.3 Å². The lowest BCUT2D eigenvalue weighted by atomic mass is 9.91.